The van der Waals surface area contributed by atoms with Crippen LogP contribution in [-0.2, 0) is 0 Å². The van der Waals surface area contributed by atoms with Crippen LogP contribution in [0.3, 0.4) is 0 Å². The predicted octanol–water partition coefficient (Wildman–Crippen LogP) is 2.35. The second-order valence-electron chi connectivity index (χ2n) is 4.31. The maximum atomic E-state index is 3.52. The van der Waals surface area contributed by atoms with E-state index in [4.69, 9.17) is 0 Å². The highest BCUT2D eigenvalue weighted by atomic mass is 14.9. The van der Waals surface area contributed by atoms with Gasteiger partial charge in [-0.05, 0) is 25.0 Å². The zero-order chi connectivity index (χ0) is 9.43. The zero-order valence-electron chi connectivity index (χ0n) is 8.29. The second kappa shape index (κ2) is 2.96. The van der Waals surface area contributed by atoms with Crippen molar-refractivity contribution in [3.63, 3.8) is 0 Å². The van der Waals surface area contributed by atoms with Crippen molar-refractivity contribution < 1.29 is 0 Å². The van der Waals surface area contributed by atoms with Crippen molar-refractivity contribution >= 4 is 0 Å². The molecule has 1 aliphatic heterocycles. The Bertz CT molecular complexity index is 371. The second-order valence-corrected chi connectivity index (χ2v) is 4.31. The summed E-state index contributed by atoms with van der Waals surface area (Å²) in [5.74, 6) is 0. The van der Waals surface area contributed by atoms with Gasteiger partial charge in [-0.1, -0.05) is 42.0 Å². The highest BCUT2D eigenvalue weighted by Crippen LogP contribution is 2.46. The van der Waals surface area contributed by atoms with Crippen LogP contribution in [0.5, 0.6) is 0 Å². The van der Waals surface area contributed by atoms with Crippen molar-refractivity contribution in [2.45, 2.75) is 12.8 Å². The maximum absolute atomic E-state index is 3.52. The van der Waals surface area contributed by atoms with E-state index in [-0.39, 0.29) is 0 Å². The van der Waals surface area contributed by atoms with E-state index in [1.165, 1.54) is 18.4 Å². The van der Waals surface area contributed by atoms with E-state index in [2.05, 4.69) is 41.8 Å². The Kier molecular flexibility index (Phi) is 1.74. The molecule has 0 aromatic rings. The third kappa shape index (κ3) is 0.992. The Morgan fingerprint density at radius 3 is 3.21 bits per heavy atom. The van der Waals surface area contributed by atoms with Gasteiger partial charge in [-0.15, -0.1) is 0 Å². The average molecular weight is 185 g/mol. The molecule has 1 saturated heterocycles. The number of rotatable bonds is 0. The van der Waals surface area contributed by atoms with E-state index in [1.807, 2.05) is 0 Å². The van der Waals surface area contributed by atoms with Crippen LogP contribution < -0.4 is 5.32 Å². The van der Waals surface area contributed by atoms with Gasteiger partial charge in [0.05, 0.1) is 0 Å². The van der Waals surface area contributed by atoms with Crippen LogP contribution in [0, 0.1) is 5.41 Å². The van der Waals surface area contributed by atoms with Crippen molar-refractivity contribution in [2.24, 2.45) is 5.41 Å². The molecule has 14 heavy (non-hydrogen) atoms. The number of hydrogen-bond acceptors (Lipinski definition) is 1. The van der Waals surface area contributed by atoms with Gasteiger partial charge >= 0.3 is 0 Å². The average Bonchev–Trinajstić information content (AvgIpc) is 2.26. The molecule has 0 aromatic carbocycles. The number of piperidine rings is 1. The first-order chi connectivity index (χ1) is 6.92. The van der Waals surface area contributed by atoms with Gasteiger partial charge in [-0.2, -0.15) is 0 Å². The topological polar surface area (TPSA) is 12.0 Å². The summed E-state index contributed by atoms with van der Waals surface area (Å²) in [6.07, 6.45) is 15.9. The highest BCUT2D eigenvalue weighted by Gasteiger charge is 2.39. The van der Waals surface area contributed by atoms with Crippen molar-refractivity contribution in [1.29, 1.82) is 0 Å². The Morgan fingerprint density at radius 1 is 1.21 bits per heavy atom. The summed E-state index contributed by atoms with van der Waals surface area (Å²) in [4.78, 5) is 0. The van der Waals surface area contributed by atoms with Crippen molar-refractivity contribution in [3.05, 3.63) is 47.6 Å². The zero-order valence-corrected chi connectivity index (χ0v) is 8.29. The Balaban J connectivity index is 2.11. The summed E-state index contributed by atoms with van der Waals surface area (Å²) in [5.41, 5.74) is 3.42. The molecule has 1 fully saturated rings. The fourth-order valence-corrected chi connectivity index (χ4v) is 2.81. The van der Waals surface area contributed by atoms with E-state index in [9.17, 15) is 0 Å². The maximum Gasteiger partial charge on any atom is 0.0324 e. The molecule has 0 aromatic heterocycles. The van der Waals surface area contributed by atoms with Gasteiger partial charge in [-0.3, -0.25) is 0 Å². The molecule has 1 nitrogen and oxygen atoms in total. The summed E-state index contributed by atoms with van der Waals surface area (Å²) in [5, 5.41) is 3.52. The SMILES string of the molecule is C1=CCC23CNCCC2=CC=CC3=C1. The van der Waals surface area contributed by atoms with Gasteiger partial charge in [0.1, 0.15) is 0 Å². The first-order valence-corrected chi connectivity index (χ1v) is 5.38. The van der Waals surface area contributed by atoms with Crippen LogP contribution in [0.25, 0.3) is 0 Å². The number of allylic oxidation sites excluding steroid dienone is 6. The lowest BCUT2D eigenvalue weighted by Crippen LogP contribution is -2.43. The van der Waals surface area contributed by atoms with Gasteiger partial charge in [0, 0.05) is 12.0 Å². The van der Waals surface area contributed by atoms with Crippen LogP contribution in [0.2, 0.25) is 0 Å². The summed E-state index contributed by atoms with van der Waals surface area (Å²) >= 11 is 0. The third-order valence-corrected chi connectivity index (χ3v) is 3.62. The van der Waals surface area contributed by atoms with Gasteiger partial charge in [-0.25, -0.2) is 0 Å². The first-order valence-electron chi connectivity index (χ1n) is 5.38. The molecule has 3 rings (SSSR count). The van der Waals surface area contributed by atoms with Crippen LogP contribution in [0.1, 0.15) is 12.8 Å². The van der Waals surface area contributed by atoms with Crippen molar-refractivity contribution in [2.75, 3.05) is 13.1 Å². The summed E-state index contributed by atoms with van der Waals surface area (Å²) in [6.45, 7) is 2.25. The van der Waals surface area contributed by atoms with E-state index in [0.29, 0.717) is 5.41 Å². The molecule has 0 saturated carbocycles. The monoisotopic (exact) mass is 185 g/mol. The van der Waals surface area contributed by atoms with Crippen LogP contribution >= 0.6 is 0 Å². The highest BCUT2D eigenvalue weighted by molar-refractivity contribution is 5.48. The molecule has 1 heterocycles. The molecular formula is C13H15N. The molecule has 2 aliphatic carbocycles. The van der Waals surface area contributed by atoms with Gasteiger partial charge < -0.3 is 5.32 Å². The van der Waals surface area contributed by atoms with E-state index in [1.54, 1.807) is 5.57 Å². The van der Waals surface area contributed by atoms with E-state index in [0.717, 1.165) is 13.1 Å². The quantitative estimate of drug-likeness (QED) is 0.611. The molecular weight excluding hydrogens is 170 g/mol. The fraction of sp³-hybridized carbons (Fsp3) is 0.385. The van der Waals surface area contributed by atoms with Gasteiger partial charge in [0.15, 0.2) is 0 Å². The molecule has 1 atom stereocenters. The third-order valence-electron chi connectivity index (χ3n) is 3.62. The molecule has 1 unspecified atom stereocenters. The van der Waals surface area contributed by atoms with Crippen molar-refractivity contribution in [3.8, 4) is 0 Å². The lowest BCUT2D eigenvalue weighted by atomic mass is 9.65. The van der Waals surface area contributed by atoms with Crippen molar-refractivity contribution in [1.82, 2.24) is 5.32 Å². The largest absolute Gasteiger partial charge is 0.315 e. The van der Waals surface area contributed by atoms with Crippen LogP contribution in [-0.4, -0.2) is 13.1 Å². The molecule has 1 heteroatoms. The lowest BCUT2D eigenvalue weighted by Gasteiger charge is -2.43. The smallest absolute Gasteiger partial charge is 0.0324 e. The molecule has 72 valence electrons. The number of hydrogen-bond donors (Lipinski definition) is 1. The Labute approximate surface area is 84.9 Å². The predicted molar refractivity (Wildman–Crippen MR) is 59.0 cm³/mol. The molecule has 3 aliphatic rings. The minimum absolute atomic E-state index is 0.307. The first kappa shape index (κ1) is 8.25. The molecule has 0 radical (unpaired) electrons. The summed E-state index contributed by atoms with van der Waals surface area (Å²) in [6, 6.07) is 0. The normalized spacial score (nSPS) is 34.3. The van der Waals surface area contributed by atoms with Gasteiger partial charge in [0.2, 0.25) is 0 Å². The Hall–Kier alpha value is -1.08. The molecule has 1 N–H and O–H groups in total. The van der Waals surface area contributed by atoms with Crippen LogP contribution in [0.15, 0.2) is 47.6 Å². The minimum Gasteiger partial charge on any atom is -0.315 e. The Morgan fingerprint density at radius 2 is 2.21 bits per heavy atom. The van der Waals surface area contributed by atoms with Crippen LogP contribution in [0.4, 0.5) is 0 Å². The minimum atomic E-state index is 0.307. The molecule has 0 amide bonds. The van der Waals surface area contributed by atoms with Gasteiger partial charge in [0.25, 0.3) is 0 Å². The lowest BCUT2D eigenvalue weighted by molar-refractivity contribution is 0.353. The molecule has 0 bridgehead atoms. The number of nitrogens with one attached hydrogen (secondary N) is 1. The fourth-order valence-electron chi connectivity index (χ4n) is 2.81. The molecule has 1 spiro atoms. The standard InChI is InChI=1S/C13H15N/c1-2-8-13-10-14-9-7-12(13)6-3-5-11(13)4-1/h1-6,14H,7-10H2. The van der Waals surface area contributed by atoms with E-state index < -0.39 is 0 Å². The summed E-state index contributed by atoms with van der Waals surface area (Å²) in [7, 11) is 0. The van der Waals surface area contributed by atoms with E-state index >= 15 is 0 Å². The summed E-state index contributed by atoms with van der Waals surface area (Å²) < 4.78 is 0.